The first-order chi connectivity index (χ1) is 18.5. The molecule has 0 saturated carbocycles. The Morgan fingerprint density at radius 1 is 0.895 bits per heavy atom. The molecule has 0 spiro atoms. The number of benzene rings is 3. The maximum Gasteiger partial charge on any atom is 0.140 e. The smallest absolute Gasteiger partial charge is 0.140 e. The zero-order valence-corrected chi connectivity index (χ0v) is 23.3. The fourth-order valence-electron chi connectivity index (χ4n) is 5.17. The summed E-state index contributed by atoms with van der Waals surface area (Å²) in [7, 11) is 0. The van der Waals surface area contributed by atoms with E-state index in [-0.39, 0.29) is 11.4 Å². The standard InChI is InChI=1S/C33H41FN4/c1-5-8-21-38-31(25-35-32(38)28-15-12-16-29(34)22-28)33(4,23-26-13-10-9-11-14-26)36-24-27-17-19-30(20-18-27)37(6-2)7-3/h9-20,22,25,36H,5-8,21,23-24H2,1-4H3. The molecule has 1 atom stereocenters. The Hall–Kier alpha value is -3.44. The average molecular weight is 513 g/mol. The van der Waals surface area contributed by atoms with Crippen molar-refractivity contribution in [3.8, 4) is 11.4 Å². The van der Waals surface area contributed by atoms with E-state index in [1.807, 2.05) is 12.3 Å². The van der Waals surface area contributed by atoms with E-state index in [0.717, 1.165) is 62.5 Å². The number of rotatable bonds is 13. The number of hydrogen-bond acceptors (Lipinski definition) is 3. The van der Waals surface area contributed by atoms with E-state index in [1.54, 1.807) is 12.1 Å². The summed E-state index contributed by atoms with van der Waals surface area (Å²) in [5, 5.41) is 3.90. The minimum absolute atomic E-state index is 0.243. The molecule has 0 radical (unpaired) electrons. The van der Waals surface area contributed by atoms with Crippen molar-refractivity contribution in [3.63, 3.8) is 0 Å². The fraction of sp³-hybridized carbons (Fsp3) is 0.364. The predicted molar refractivity (Wildman–Crippen MR) is 157 cm³/mol. The molecule has 1 unspecified atom stereocenters. The summed E-state index contributed by atoms with van der Waals surface area (Å²) in [5.41, 5.74) is 5.30. The molecule has 4 nitrogen and oxygen atoms in total. The average Bonchev–Trinajstić information content (AvgIpc) is 3.37. The van der Waals surface area contributed by atoms with Crippen molar-refractivity contribution in [1.82, 2.24) is 14.9 Å². The fourth-order valence-corrected chi connectivity index (χ4v) is 5.17. The molecular formula is C33H41FN4. The Labute approximate surface area is 227 Å². The molecule has 0 fully saturated rings. The van der Waals surface area contributed by atoms with Crippen LogP contribution in [-0.2, 0) is 25.0 Å². The number of hydrogen-bond donors (Lipinski definition) is 1. The van der Waals surface area contributed by atoms with Crippen molar-refractivity contribution < 1.29 is 4.39 Å². The lowest BCUT2D eigenvalue weighted by molar-refractivity contribution is 0.336. The SMILES string of the molecule is CCCCn1c(C(C)(Cc2ccccc2)NCc2ccc(N(CC)CC)cc2)cnc1-c1cccc(F)c1. The van der Waals surface area contributed by atoms with E-state index in [0.29, 0.717) is 0 Å². The zero-order chi connectivity index (χ0) is 27.0. The molecule has 38 heavy (non-hydrogen) atoms. The van der Waals surface area contributed by atoms with Gasteiger partial charge in [0.25, 0.3) is 0 Å². The summed E-state index contributed by atoms with van der Waals surface area (Å²) in [4.78, 5) is 7.20. The normalized spacial score (nSPS) is 12.9. The first-order valence-electron chi connectivity index (χ1n) is 13.9. The molecule has 0 aliphatic heterocycles. The monoisotopic (exact) mass is 512 g/mol. The summed E-state index contributed by atoms with van der Waals surface area (Å²) in [6.45, 7) is 12.4. The molecule has 1 aromatic heterocycles. The number of unbranched alkanes of at least 4 members (excludes halogenated alkanes) is 1. The topological polar surface area (TPSA) is 33.1 Å². The first-order valence-corrected chi connectivity index (χ1v) is 13.9. The van der Waals surface area contributed by atoms with E-state index < -0.39 is 0 Å². The Balaban J connectivity index is 1.69. The van der Waals surface area contributed by atoms with Crippen LogP contribution >= 0.6 is 0 Å². The minimum atomic E-state index is -0.384. The number of imidazole rings is 1. The highest BCUT2D eigenvalue weighted by molar-refractivity contribution is 5.56. The van der Waals surface area contributed by atoms with Crippen LogP contribution in [0.2, 0.25) is 0 Å². The summed E-state index contributed by atoms with van der Waals surface area (Å²) in [6, 6.07) is 26.2. The van der Waals surface area contributed by atoms with Gasteiger partial charge in [-0.2, -0.15) is 0 Å². The van der Waals surface area contributed by atoms with Gasteiger partial charge < -0.3 is 14.8 Å². The van der Waals surface area contributed by atoms with Gasteiger partial charge in [-0.15, -0.1) is 0 Å². The van der Waals surface area contributed by atoms with Crippen LogP contribution in [-0.4, -0.2) is 22.6 Å². The lowest BCUT2D eigenvalue weighted by Gasteiger charge is -2.33. The number of anilines is 1. The Bertz CT molecular complexity index is 1280. The van der Waals surface area contributed by atoms with E-state index in [9.17, 15) is 4.39 Å². The van der Waals surface area contributed by atoms with Gasteiger partial charge in [-0.3, -0.25) is 0 Å². The molecule has 0 aliphatic carbocycles. The molecule has 0 amide bonds. The third kappa shape index (κ3) is 6.51. The molecular weight excluding hydrogens is 471 g/mol. The van der Waals surface area contributed by atoms with E-state index in [4.69, 9.17) is 4.98 Å². The molecule has 0 saturated heterocycles. The first kappa shape index (κ1) is 27.6. The molecule has 5 heteroatoms. The second-order valence-electron chi connectivity index (χ2n) is 10.2. The highest BCUT2D eigenvalue weighted by Gasteiger charge is 2.31. The number of aromatic nitrogens is 2. The van der Waals surface area contributed by atoms with Crippen molar-refractivity contribution in [1.29, 1.82) is 0 Å². The predicted octanol–water partition coefficient (Wildman–Crippen LogP) is 7.58. The van der Waals surface area contributed by atoms with E-state index >= 15 is 0 Å². The van der Waals surface area contributed by atoms with Crippen molar-refractivity contribution in [3.05, 3.63) is 108 Å². The van der Waals surface area contributed by atoms with Crippen LogP contribution in [0, 0.1) is 5.82 Å². The molecule has 1 N–H and O–H groups in total. The van der Waals surface area contributed by atoms with Gasteiger partial charge in [0.1, 0.15) is 11.6 Å². The minimum Gasteiger partial charge on any atom is -0.372 e. The van der Waals surface area contributed by atoms with Crippen molar-refractivity contribution in [2.24, 2.45) is 0 Å². The van der Waals surface area contributed by atoms with E-state index in [1.165, 1.54) is 22.9 Å². The number of nitrogens with zero attached hydrogens (tertiary/aromatic N) is 3. The quantitative estimate of drug-likeness (QED) is 0.200. The Morgan fingerprint density at radius 2 is 1.63 bits per heavy atom. The van der Waals surface area contributed by atoms with Crippen molar-refractivity contribution >= 4 is 5.69 Å². The molecule has 4 rings (SSSR count). The zero-order valence-electron chi connectivity index (χ0n) is 23.3. The molecule has 0 bridgehead atoms. The van der Waals surface area contributed by atoms with E-state index in [2.05, 4.69) is 97.1 Å². The van der Waals surface area contributed by atoms with Gasteiger partial charge in [-0.1, -0.05) is 67.9 Å². The number of nitrogens with one attached hydrogen (secondary N) is 1. The Morgan fingerprint density at radius 3 is 2.29 bits per heavy atom. The lowest BCUT2D eigenvalue weighted by Crippen LogP contribution is -2.43. The summed E-state index contributed by atoms with van der Waals surface area (Å²) in [6.07, 6.45) is 4.89. The van der Waals surface area contributed by atoms with Gasteiger partial charge in [0.05, 0.1) is 17.4 Å². The van der Waals surface area contributed by atoms with Crippen LogP contribution in [0.4, 0.5) is 10.1 Å². The van der Waals surface area contributed by atoms with Crippen LogP contribution in [0.3, 0.4) is 0 Å². The summed E-state index contributed by atoms with van der Waals surface area (Å²) in [5.74, 6) is 0.574. The second-order valence-corrected chi connectivity index (χ2v) is 10.2. The van der Waals surface area contributed by atoms with Gasteiger partial charge in [-0.25, -0.2) is 9.37 Å². The van der Waals surface area contributed by atoms with Crippen molar-refractivity contribution in [2.75, 3.05) is 18.0 Å². The van der Waals surface area contributed by atoms with Gasteiger partial charge in [0.2, 0.25) is 0 Å². The van der Waals surface area contributed by atoms with Crippen LogP contribution in [0.15, 0.2) is 85.1 Å². The molecule has 3 aromatic carbocycles. The lowest BCUT2D eigenvalue weighted by atomic mass is 9.89. The van der Waals surface area contributed by atoms with Crippen LogP contribution in [0.5, 0.6) is 0 Å². The van der Waals surface area contributed by atoms with Crippen LogP contribution in [0.25, 0.3) is 11.4 Å². The van der Waals surface area contributed by atoms with Crippen LogP contribution < -0.4 is 10.2 Å². The van der Waals surface area contributed by atoms with Crippen molar-refractivity contribution in [2.45, 2.75) is 65.6 Å². The second kappa shape index (κ2) is 12.9. The largest absolute Gasteiger partial charge is 0.372 e. The number of halogens is 1. The van der Waals surface area contributed by atoms with Crippen LogP contribution in [0.1, 0.15) is 57.4 Å². The molecule has 200 valence electrons. The third-order valence-electron chi connectivity index (χ3n) is 7.39. The van der Waals surface area contributed by atoms with Gasteiger partial charge in [0, 0.05) is 37.4 Å². The molecule has 4 aromatic rings. The Kier molecular flexibility index (Phi) is 9.35. The third-order valence-corrected chi connectivity index (χ3v) is 7.39. The highest BCUT2D eigenvalue weighted by Crippen LogP contribution is 2.31. The highest BCUT2D eigenvalue weighted by atomic mass is 19.1. The van der Waals surface area contributed by atoms with Gasteiger partial charge in [0.15, 0.2) is 0 Å². The van der Waals surface area contributed by atoms with Gasteiger partial charge in [-0.05, 0) is 69.0 Å². The maximum absolute atomic E-state index is 14.1. The summed E-state index contributed by atoms with van der Waals surface area (Å²) >= 11 is 0. The maximum atomic E-state index is 14.1. The molecule has 0 aliphatic rings. The van der Waals surface area contributed by atoms with Gasteiger partial charge >= 0.3 is 0 Å². The summed E-state index contributed by atoms with van der Waals surface area (Å²) < 4.78 is 16.4. The molecule has 1 heterocycles.